The number of nitrogens with zero attached hydrogens (tertiary/aromatic N) is 5. The van der Waals surface area contributed by atoms with Crippen LogP contribution in [0.15, 0.2) is 43.2 Å². The molecule has 172 valence electrons. The number of carbonyl (C=O) groups is 1. The van der Waals surface area contributed by atoms with E-state index in [-0.39, 0.29) is 11.8 Å². The summed E-state index contributed by atoms with van der Waals surface area (Å²) in [4.78, 5) is 20.4. The molecule has 1 atom stereocenters. The zero-order chi connectivity index (χ0) is 23.1. The Kier molecular flexibility index (Phi) is 5.32. The Morgan fingerprint density at radius 3 is 2.52 bits per heavy atom. The molecule has 0 radical (unpaired) electrons. The maximum Gasteiger partial charge on any atom is 0.245 e. The van der Waals surface area contributed by atoms with E-state index in [0.29, 0.717) is 24.8 Å². The second kappa shape index (κ2) is 8.31. The maximum absolute atomic E-state index is 12.1. The molecule has 2 fully saturated rings. The van der Waals surface area contributed by atoms with Crippen molar-refractivity contribution in [2.24, 2.45) is 0 Å². The molecule has 2 aliphatic heterocycles. The maximum atomic E-state index is 12.1. The molecule has 2 N–H and O–H groups in total. The van der Waals surface area contributed by atoms with Gasteiger partial charge in [-0.2, -0.15) is 5.10 Å². The van der Waals surface area contributed by atoms with Gasteiger partial charge in [0.25, 0.3) is 0 Å². The van der Waals surface area contributed by atoms with Crippen molar-refractivity contribution in [3.8, 4) is 11.5 Å². The van der Waals surface area contributed by atoms with Gasteiger partial charge in [0.2, 0.25) is 5.91 Å². The molecular formula is C24H28N6O3. The minimum Gasteiger partial charge on any atom is -0.497 e. The summed E-state index contributed by atoms with van der Waals surface area (Å²) in [6.45, 7) is 6.65. The molecule has 4 heterocycles. The Balaban J connectivity index is 1.42. The van der Waals surface area contributed by atoms with Gasteiger partial charge in [0, 0.05) is 44.1 Å². The van der Waals surface area contributed by atoms with Gasteiger partial charge in [-0.3, -0.25) is 4.79 Å². The van der Waals surface area contributed by atoms with E-state index in [1.165, 1.54) is 18.0 Å². The van der Waals surface area contributed by atoms with E-state index in [0.717, 1.165) is 47.9 Å². The molecule has 2 aliphatic rings. The lowest BCUT2D eigenvalue weighted by molar-refractivity contribution is -0.125. The van der Waals surface area contributed by atoms with E-state index >= 15 is 0 Å². The first-order chi connectivity index (χ1) is 16.0. The van der Waals surface area contributed by atoms with Crippen molar-refractivity contribution in [3.05, 3.63) is 54.5 Å². The van der Waals surface area contributed by atoms with Gasteiger partial charge in [-0.15, -0.1) is 0 Å². The van der Waals surface area contributed by atoms with Gasteiger partial charge in [0.05, 0.1) is 25.6 Å². The Morgan fingerprint density at radius 2 is 1.85 bits per heavy atom. The second-order valence-corrected chi connectivity index (χ2v) is 8.58. The highest BCUT2D eigenvalue weighted by atomic mass is 16.5. The summed E-state index contributed by atoms with van der Waals surface area (Å²) in [5.74, 6) is 2.53. The molecule has 0 aliphatic carbocycles. The number of hydrogen-bond donors (Lipinski definition) is 1. The van der Waals surface area contributed by atoms with Crippen LogP contribution in [0.2, 0.25) is 0 Å². The van der Waals surface area contributed by atoms with Gasteiger partial charge in [-0.1, -0.05) is 6.58 Å². The van der Waals surface area contributed by atoms with Crippen LogP contribution in [0.3, 0.4) is 0 Å². The standard InChI is InChI=1S/C24H28N6O3/c1-4-22(31)28-6-5-15(11-28)20-10-21(23-24(25)26-14-27-30(20)23)29-12-17(13-29)16-7-18(32-2)9-19(8-16)33-3/h4,7-10,14-15,17H,1,5-6,11-13H2,2-3H3,(H2,25,26,27)/t15-/m0/s1. The number of benzene rings is 1. The molecule has 0 unspecified atom stereocenters. The third-order valence-corrected chi connectivity index (χ3v) is 6.75. The van der Waals surface area contributed by atoms with Gasteiger partial charge in [0.1, 0.15) is 23.3 Å². The van der Waals surface area contributed by atoms with E-state index < -0.39 is 0 Å². The van der Waals surface area contributed by atoms with Crippen LogP contribution in [0.5, 0.6) is 11.5 Å². The number of methoxy groups -OCH3 is 2. The smallest absolute Gasteiger partial charge is 0.245 e. The molecule has 2 aromatic heterocycles. The van der Waals surface area contributed by atoms with E-state index in [4.69, 9.17) is 15.2 Å². The highest BCUT2D eigenvalue weighted by Gasteiger charge is 2.34. The van der Waals surface area contributed by atoms with Gasteiger partial charge in [0.15, 0.2) is 5.82 Å². The van der Waals surface area contributed by atoms with Crippen molar-refractivity contribution >= 4 is 22.9 Å². The summed E-state index contributed by atoms with van der Waals surface area (Å²) in [6, 6.07) is 8.17. The number of ether oxygens (including phenoxy) is 2. The Bertz CT molecular complexity index is 1190. The third-order valence-electron chi connectivity index (χ3n) is 6.75. The normalized spacial score (nSPS) is 18.4. The molecule has 0 saturated carbocycles. The molecule has 9 heteroatoms. The summed E-state index contributed by atoms with van der Waals surface area (Å²) in [5.41, 5.74) is 10.4. The molecule has 5 rings (SSSR count). The number of hydrogen-bond acceptors (Lipinski definition) is 7. The average molecular weight is 449 g/mol. The Morgan fingerprint density at radius 1 is 1.12 bits per heavy atom. The predicted molar refractivity (Wildman–Crippen MR) is 126 cm³/mol. The molecule has 1 aromatic carbocycles. The van der Waals surface area contributed by atoms with Crippen LogP contribution in [0.1, 0.15) is 29.5 Å². The molecule has 0 bridgehead atoms. The number of likely N-dealkylation sites (tertiary alicyclic amines) is 1. The van der Waals surface area contributed by atoms with Crippen molar-refractivity contribution in [2.45, 2.75) is 18.3 Å². The number of rotatable bonds is 6. The monoisotopic (exact) mass is 448 g/mol. The molecule has 33 heavy (non-hydrogen) atoms. The van der Waals surface area contributed by atoms with Crippen LogP contribution in [-0.4, -0.2) is 65.8 Å². The number of nitrogen functional groups attached to an aromatic ring is 1. The SMILES string of the molecule is C=CC(=O)N1CC[C@H](c2cc(N3CC(c4cc(OC)cc(OC)c4)C3)c3c(N)ncnn23)C1. The zero-order valence-electron chi connectivity index (χ0n) is 18.9. The quantitative estimate of drug-likeness (QED) is 0.579. The molecule has 1 amide bonds. The first kappa shape index (κ1) is 21.1. The first-order valence-electron chi connectivity index (χ1n) is 11.0. The summed E-state index contributed by atoms with van der Waals surface area (Å²) in [6.07, 6.45) is 3.73. The molecule has 3 aromatic rings. The third kappa shape index (κ3) is 3.63. The fourth-order valence-corrected chi connectivity index (χ4v) is 4.89. The van der Waals surface area contributed by atoms with Crippen molar-refractivity contribution in [2.75, 3.05) is 51.0 Å². The van der Waals surface area contributed by atoms with Gasteiger partial charge in [-0.25, -0.2) is 9.50 Å². The van der Waals surface area contributed by atoms with Crippen molar-refractivity contribution in [1.29, 1.82) is 0 Å². The summed E-state index contributed by atoms with van der Waals surface area (Å²) < 4.78 is 12.8. The molecule has 9 nitrogen and oxygen atoms in total. The number of fused-ring (bicyclic) bond motifs is 1. The highest BCUT2D eigenvalue weighted by Crippen LogP contribution is 2.41. The van der Waals surface area contributed by atoms with Crippen LogP contribution in [0.25, 0.3) is 5.52 Å². The lowest BCUT2D eigenvalue weighted by Crippen LogP contribution is -2.45. The number of nitrogens with two attached hydrogens (primary N) is 1. The van der Waals surface area contributed by atoms with Crippen molar-refractivity contribution in [1.82, 2.24) is 19.5 Å². The van der Waals surface area contributed by atoms with Crippen LogP contribution in [0, 0.1) is 0 Å². The van der Waals surface area contributed by atoms with Gasteiger partial charge >= 0.3 is 0 Å². The van der Waals surface area contributed by atoms with Crippen LogP contribution < -0.4 is 20.1 Å². The lowest BCUT2D eigenvalue weighted by Gasteiger charge is -2.41. The van der Waals surface area contributed by atoms with E-state index in [2.05, 4.69) is 39.8 Å². The highest BCUT2D eigenvalue weighted by molar-refractivity contribution is 5.87. The fourth-order valence-electron chi connectivity index (χ4n) is 4.89. The van der Waals surface area contributed by atoms with E-state index in [1.807, 2.05) is 15.5 Å². The number of carbonyl (C=O) groups excluding carboxylic acids is 1. The number of aromatic nitrogens is 3. The van der Waals surface area contributed by atoms with Gasteiger partial charge < -0.3 is 25.0 Å². The Labute approximate surface area is 192 Å². The second-order valence-electron chi connectivity index (χ2n) is 8.58. The lowest BCUT2D eigenvalue weighted by atomic mass is 9.90. The zero-order valence-corrected chi connectivity index (χ0v) is 18.9. The van der Waals surface area contributed by atoms with Crippen LogP contribution >= 0.6 is 0 Å². The molecule has 2 saturated heterocycles. The fraction of sp³-hybridized carbons (Fsp3) is 0.375. The van der Waals surface area contributed by atoms with E-state index in [9.17, 15) is 4.79 Å². The summed E-state index contributed by atoms with van der Waals surface area (Å²) in [5, 5.41) is 4.50. The molecular weight excluding hydrogens is 420 g/mol. The van der Waals surface area contributed by atoms with Crippen LogP contribution in [-0.2, 0) is 4.79 Å². The minimum atomic E-state index is -0.0352. The predicted octanol–water partition coefficient (Wildman–Crippen LogP) is 2.43. The van der Waals surface area contributed by atoms with E-state index in [1.54, 1.807) is 14.2 Å². The Hall–Kier alpha value is -3.75. The number of anilines is 2. The van der Waals surface area contributed by atoms with Crippen molar-refractivity contribution < 1.29 is 14.3 Å². The first-order valence-corrected chi connectivity index (χ1v) is 11.0. The summed E-state index contributed by atoms with van der Waals surface area (Å²) >= 11 is 0. The molecule has 0 spiro atoms. The summed E-state index contributed by atoms with van der Waals surface area (Å²) in [7, 11) is 3.33. The minimum absolute atomic E-state index is 0.0352. The average Bonchev–Trinajstić information content (AvgIpc) is 3.43. The number of amides is 1. The van der Waals surface area contributed by atoms with Crippen molar-refractivity contribution in [3.63, 3.8) is 0 Å². The topological polar surface area (TPSA) is 98.2 Å². The van der Waals surface area contributed by atoms with Crippen LogP contribution in [0.4, 0.5) is 11.5 Å². The van der Waals surface area contributed by atoms with Gasteiger partial charge in [-0.05, 0) is 36.3 Å². The largest absolute Gasteiger partial charge is 0.497 e.